The molecule has 0 spiro atoms. The van der Waals surface area contributed by atoms with Crippen LogP contribution < -0.4 is 0 Å². The number of hydrogen-bond donors (Lipinski definition) is 0. The zero-order valence-corrected chi connectivity index (χ0v) is 6.48. The second-order valence-electron chi connectivity index (χ2n) is 4.67. The molecule has 9 heavy (non-hydrogen) atoms. The van der Waals surface area contributed by atoms with Crippen molar-refractivity contribution in [3.8, 4) is 0 Å². The van der Waals surface area contributed by atoms with E-state index >= 15 is 0 Å². The van der Waals surface area contributed by atoms with E-state index in [2.05, 4.69) is 13.8 Å². The summed E-state index contributed by atoms with van der Waals surface area (Å²) in [6.07, 6.45) is 6.11. The van der Waals surface area contributed by atoms with Crippen molar-refractivity contribution in [2.24, 2.45) is 17.3 Å². The van der Waals surface area contributed by atoms with Gasteiger partial charge in [0.25, 0.3) is 0 Å². The van der Waals surface area contributed by atoms with Crippen molar-refractivity contribution < 1.29 is 0 Å². The van der Waals surface area contributed by atoms with Gasteiger partial charge in [-0.3, -0.25) is 0 Å². The molecule has 0 saturated heterocycles. The second-order valence-corrected chi connectivity index (χ2v) is 4.67. The van der Waals surface area contributed by atoms with E-state index in [1.807, 2.05) is 0 Å². The summed E-state index contributed by atoms with van der Waals surface area (Å²) in [4.78, 5) is 0. The molecule has 2 saturated carbocycles. The molecule has 0 radical (unpaired) electrons. The summed E-state index contributed by atoms with van der Waals surface area (Å²) in [6, 6.07) is 0. The van der Waals surface area contributed by atoms with Crippen molar-refractivity contribution in [3.63, 3.8) is 0 Å². The Bertz CT molecular complexity index is 112. The van der Waals surface area contributed by atoms with Crippen LogP contribution in [0.25, 0.3) is 0 Å². The molecule has 0 amide bonds. The van der Waals surface area contributed by atoms with Gasteiger partial charge >= 0.3 is 0 Å². The Morgan fingerprint density at radius 2 is 1.56 bits per heavy atom. The molecule has 52 valence electrons. The predicted octanol–water partition coefficient (Wildman–Crippen LogP) is 2.83. The van der Waals surface area contributed by atoms with Crippen LogP contribution in [0.1, 0.15) is 39.5 Å². The lowest BCUT2D eigenvalue weighted by molar-refractivity contribution is 0.0798. The molecule has 2 rings (SSSR count). The highest BCUT2D eigenvalue weighted by molar-refractivity contribution is 4.94. The van der Waals surface area contributed by atoms with Gasteiger partial charge in [-0.05, 0) is 42.9 Å². The quantitative estimate of drug-likeness (QED) is 0.504. The Morgan fingerprint density at radius 3 is 1.89 bits per heavy atom. The molecular weight excluding hydrogens is 108 g/mol. The smallest absolute Gasteiger partial charge is 0.0349 e. The zero-order valence-electron chi connectivity index (χ0n) is 6.48. The Morgan fingerprint density at radius 1 is 1.00 bits per heavy atom. The summed E-state index contributed by atoms with van der Waals surface area (Å²) in [6.45, 7) is 4.79. The van der Waals surface area contributed by atoms with Crippen molar-refractivity contribution in [3.05, 3.63) is 0 Å². The van der Waals surface area contributed by atoms with Crippen molar-refractivity contribution in [2.75, 3.05) is 0 Å². The molecule has 0 heteroatoms. The van der Waals surface area contributed by atoms with E-state index in [0.29, 0.717) is 5.41 Å². The lowest BCUT2D eigenvalue weighted by atomic mass is 9.63. The molecule has 2 fully saturated rings. The first-order chi connectivity index (χ1) is 4.17. The van der Waals surface area contributed by atoms with Crippen LogP contribution >= 0.6 is 0 Å². The Balaban J connectivity index is 1.83. The van der Waals surface area contributed by atoms with Crippen molar-refractivity contribution in [1.29, 1.82) is 0 Å². The predicted molar refractivity (Wildman–Crippen MR) is 39.2 cm³/mol. The maximum Gasteiger partial charge on any atom is -0.0349 e. The van der Waals surface area contributed by atoms with Crippen LogP contribution in [0.15, 0.2) is 0 Å². The number of rotatable bonds is 1. The Hall–Kier alpha value is 0. The fourth-order valence-electron chi connectivity index (χ4n) is 2.26. The summed E-state index contributed by atoms with van der Waals surface area (Å²) in [7, 11) is 0. The summed E-state index contributed by atoms with van der Waals surface area (Å²) >= 11 is 0. The van der Waals surface area contributed by atoms with E-state index in [-0.39, 0.29) is 0 Å². The first-order valence-electron chi connectivity index (χ1n) is 4.17. The van der Waals surface area contributed by atoms with Gasteiger partial charge in [0, 0.05) is 0 Å². The van der Waals surface area contributed by atoms with Gasteiger partial charge < -0.3 is 0 Å². The molecule has 2 aliphatic rings. The molecule has 0 bridgehead atoms. The van der Waals surface area contributed by atoms with E-state index in [9.17, 15) is 0 Å². The third-order valence-electron chi connectivity index (χ3n) is 2.92. The maximum absolute atomic E-state index is 2.39. The summed E-state index contributed by atoms with van der Waals surface area (Å²) in [5, 5.41) is 0. The van der Waals surface area contributed by atoms with Crippen molar-refractivity contribution in [2.45, 2.75) is 39.5 Å². The standard InChI is InChI=1S/C9H16/c1-9(2)5-8(6-9)7-3-4-7/h7-8H,3-6H2,1-2H3. The fraction of sp³-hybridized carbons (Fsp3) is 1.00. The van der Waals surface area contributed by atoms with Crippen LogP contribution in [-0.2, 0) is 0 Å². The highest BCUT2D eigenvalue weighted by Crippen LogP contribution is 2.54. The Kier molecular flexibility index (Phi) is 0.980. The van der Waals surface area contributed by atoms with Crippen molar-refractivity contribution in [1.82, 2.24) is 0 Å². The second kappa shape index (κ2) is 1.53. The normalized spacial score (nSPS) is 34.0. The van der Waals surface area contributed by atoms with Gasteiger partial charge in [0.05, 0.1) is 0 Å². The molecule has 0 aliphatic heterocycles. The van der Waals surface area contributed by atoms with Gasteiger partial charge in [0.1, 0.15) is 0 Å². The average Bonchev–Trinajstić information content (AvgIpc) is 2.37. The molecule has 0 N–H and O–H groups in total. The van der Waals surface area contributed by atoms with Gasteiger partial charge in [-0.1, -0.05) is 13.8 Å². The highest BCUT2D eigenvalue weighted by Gasteiger charge is 2.43. The summed E-state index contributed by atoms with van der Waals surface area (Å²) in [5.74, 6) is 2.30. The first-order valence-corrected chi connectivity index (χ1v) is 4.17. The third kappa shape index (κ3) is 0.997. The SMILES string of the molecule is CC1(C)CC(C2CC2)C1. The molecule has 0 nitrogen and oxygen atoms in total. The molecule has 2 aliphatic carbocycles. The van der Waals surface area contributed by atoms with E-state index in [4.69, 9.17) is 0 Å². The minimum Gasteiger partial charge on any atom is -0.0599 e. The molecule has 0 atom stereocenters. The van der Waals surface area contributed by atoms with E-state index in [1.54, 1.807) is 12.8 Å². The lowest BCUT2D eigenvalue weighted by Crippen LogP contribution is -2.32. The monoisotopic (exact) mass is 124 g/mol. The van der Waals surface area contributed by atoms with Gasteiger partial charge in [0.15, 0.2) is 0 Å². The number of hydrogen-bond acceptors (Lipinski definition) is 0. The van der Waals surface area contributed by atoms with Gasteiger partial charge in [-0.2, -0.15) is 0 Å². The fourth-order valence-corrected chi connectivity index (χ4v) is 2.26. The van der Waals surface area contributed by atoms with Gasteiger partial charge in [0.2, 0.25) is 0 Å². The van der Waals surface area contributed by atoms with Crippen LogP contribution in [-0.4, -0.2) is 0 Å². The van der Waals surface area contributed by atoms with Gasteiger partial charge in [-0.15, -0.1) is 0 Å². The van der Waals surface area contributed by atoms with Crippen LogP contribution in [0, 0.1) is 17.3 Å². The van der Waals surface area contributed by atoms with Crippen LogP contribution in [0.3, 0.4) is 0 Å². The van der Waals surface area contributed by atoms with E-state index in [1.165, 1.54) is 12.8 Å². The summed E-state index contributed by atoms with van der Waals surface area (Å²) < 4.78 is 0. The van der Waals surface area contributed by atoms with Gasteiger partial charge in [-0.25, -0.2) is 0 Å². The maximum atomic E-state index is 2.39. The Labute approximate surface area is 57.6 Å². The summed E-state index contributed by atoms with van der Waals surface area (Å²) in [5.41, 5.74) is 0.716. The minimum atomic E-state index is 0.716. The van der Waals surface area contributed by atoms with E-state index < -0.39 is 0 Å². The van der Waals surface area contributed by atoms with Crippen molar-refractivity contribution >= 4 is 0 Å². The molecule has 0 aromatic carbocycles. The molecule has 0 aromatic heterocycles. The minimum absolute atomic E-state index is 0.716. The zero-order chi connectivity index (χ0) is 6.48. The average molecular weight is 124 g/mol. The van der Waals surface area contributed by atoms with E-state index in [0.717, 1.165) is 11.8 Å². The topological polar surface area (TPSA) is 0 Å². The highest BCUT2D eigenvalue weighted by atomic mass is 14.5. The molecule has 0 unspecified atom stereocenters. The molecule has 0 heterocycles. The molecular formula is C9H16. The van der Waals surface area contributed by atoms with Crippen LogP contribution in [0.5, 0.6) is 0 Å². The largest absolute Gasteiger partial charge is 0.0599 e. The first kappa shape index (κ1) is 5.76. The lowest BCUT2D eigenvalue weighted by Gasteiger charge is -2.43. The van der Waals surface area contributed by atoms with Crippen LogP contribution in [0.4, 0.5) is 0 Å². The third-order valence-corrected chi connectivity index (χ3v) is 2.92. The van der Waals surface area contributed by atoms with Crippen LogP contribution in [0.2, 0.25) is 0 Å². The molecule has 0 aromatic rings.